The van der Waals surface area contributed by atoms with Crippen LogP contribution < -0.4 is 5.73 Å². The first-order valence-corrected chi connectivity index (χ1v) is 7.04. The number of hydrogen-bond acceptors (Lipinski definition) is 2. The van der Waals surface area contributed by atoms with Crippen molar-refractivity contribution in [2.45, 2.75) is 32.6 Å². The fourth-order valence-electron chi connectivity index (χ4n) is 3.19. The molecule has 1 aliphatic carbocycles. The summed E-state index contributed by atoms with van der Waals surface area (Å²) >= 11 is 0. The number of nitrogens with zero attached hydrogens (tertiary/aromatic N) is 1. The molecule has 2 N–H and O–H groups in total. The van der Waals surface area contributed by atoms with Crippen molar-refractivity contribution in [2.75, 3.05) is 25.4 Å². The molecule has 0 amide bonds. The first kappa shape index (κ1) is 17.4. The average molecular weight is 315 g/mol. The van der Waals surface area contributed by atoms with Crippen LogP contribution in [0.4, 0.5) is 5.69 Å². The van der Waals surface area contributed by atoms with Gasteiger partial charge in [0.25, 0.3) is 0 Å². The van der Waals surface area contributed by atoms with Crippen molar-refractivity contribution in [3.05, 3.63) is 34.4 Å². The summed E-state index contributed by atoms with van der Waals surface area (Å²) < 4.78 is 0. The van der Waals surface area contributed by atoms with Gasteiger partial charge in [-0.2, -0.15) is 0 Å². The van der Waals surface area contributed by atoms with E-state index in [1.54, 1.807) is 5.57 Å². The highest BCUT2D eigenvalue weighted by Gasteiger charge is 2.17. The number of nitrogen functional groups attached to an aromatic ring is 1. The van der Waals surface area contributed by atoms with Crippen LogP contribution in [-0.4, -0.2) is 24.5 Å². The molecule has 0 radical (unpaired) electrons. The molecule has 1 heterocycles. The van der Waals surface area contributed by atoms with E-state index in [9.17, 15) is 0 Å². The first-order chi connectivity index (χ1) is 8.74. The Bertz CT molecular complexity index is 491. The van der Waals surface area contributed by atoms with Crippen LogP contribution in [0.1, 0.15) is 36.0 Å². The molecule has 2 nitrogen and oxygen atoms in total. The third kappa shape index (κ3) is 3.49. The molecular weight excluding hydrogens is 291 g/mol. The highest BCUT2D eigenvalue weighted by Crippen LogP contribution is 2.30. The minimum Gasteiger partial charge on any atom is -0.399 e. The molecular formula is C16H24Cl2N2. The average Bonchev–Trinajstić information content (AvgIpc) is 2.87. The highest BCUT2D eigenvalue weighted by molar-refractivity contribution is 5.85. The molecule has 0 aromatic heterocycles. The lowest BCUT2D eigenvalue weighted by atomic mass is 9.88. The fraction of sp³-hybridized carbons (Fsp3) is 0.500. The smallest absolute Gasteiger partial charge is 0.0346 e. The molecule has 0 atom stereocenters. The van der Waals surface area contributed by atoms with E-state index in [4.69, 9.17) is 5.73 Å². The van der Waals surface area contributed by atoms with Gasteiger partial charge in [-0.05, 0) is 68.5 Å². The van der Waals surface area contributed by atoms with Gasteiger partial charge in [-0.25, -0.2) is 0 Å². The SMILES string of the molecule is Cc1c(N)ccc2c1CCC(CN1CCCC1)=C2.Cl.Cl. The van der Waals surface area contributed by atoms with Gasteiger partial charge in [-0.1, -0.05) is 17.7 Å². The fourth-order valence-corrected chi connectivity index (χ4v) is 3.19. The molecule has 1 aromatic rings. The van der Waals surface area contributed by atoms with E-state index in [1.807, 2.05) is 6.07 Å². The van der Waals surface area contributed by atoms with E-state index in [2.05, 4.69) is 24.0 Å². The summed E-state index contributed by atoms with van der Waals surface area (Å²) in [4.78, 5) is 2.58. The maximum absolute atomic E-state index is 5.98. The lowest BCUT2D eigenvalue weighted by Crippen LogP contribution is -2.23. The van der Waals surface area contributed by atoms with Crippen LogP contribution in [0.15, 0.2) is 17.7 Å². The van der Waals surface area contributed by atoms with Crippen molar-refractivity contribution in [3.8, 4) is 0 Å². The van der Waals surface area contributed by atoms with Crippen molar-refractivity contribution < 1.29 is 0 Å². The van der Waals surface area contributed by atoms with Gasteiger partial charge in [0.1, 0.15) is 0 Å². The minimum atomic E-state index is 0. The molecule has 2 aliphatic rings. The summed E-state index contributed by atoms with van der Waals surface area (Å²) in [5.41, 5.74) is 12.6. The van der Waals surface area contributed by atoms with Crippen molar-refractivity contribution in [1.82, 2.24) is 4.90 Å². The second-order valence-corrected chi connectivity index (χ2v) is 5.63. The number of likely N-dealkylation sites (tertiary alicyclic amines) is 1. The number of fused-ring (bicyclic) bond motifs is 1. The van der Waals surface area contributed by atoms with Crippen LogP contribution >= 0.6 is 24.8 Å². The van der Waals surface area contributed by atoms with E-state index >= 15 is 0 Å². The molecule has 0 spiro atoms. The second kappa shape index (κ2) is 7.35. The van der Waals surface area contributed by atoms with Gasteiger partial charge in [-0.15, -0.1) is 24.8 Å². The van der Waals surface area contributed by atoms with Gasteiger partial charge in [0, 0.05) is 12.2 Å². The molecule has 1 aromatic carbocycles. The predicted molar refractivity (Wildman–Crippen MR) is 92.1 cm³/mol. The zero-order valence-electron chi connectivity index (χ0n) is 12.0. The summed E-state index contributed by atoms with van der Waals surface area (Å²) in [6, 6.07) is 4.23. The molecule has 3 rings (SSSR count). The Labute approximate surface area is 134 Å². The third-order valence-electron chi connectivity index (χ3n) is 4.36. The topological polar surface area (TPSA) is 29.3 Å². The summed E-state index contributed by atoms with van der Waals surface area (Å²) in [7, 11) is 0. The van der Waals surface area contributed by atoms with E-state index in [0.717, 1.165) is 12.1 Å². The Kier molecular flexibility index (Phi) is 6.38. The summed E-state index contributed by atoms with van der Waals surface area (Å²) in [6.45, 7) is 5.88. The van der Waals surface area contributed by atoms with Gasteiger partial charge in [0.2, 0.25) is 0 Å². The normalized spacial score (nSPS) is 17.8. The number of nitrogens with two attached hydrogens (primary N) is 1. The molecule has 20 heavy (non-hydrogen) atoms. The zero-order chi connectivity index (χ0) is 12.5. The third-order valence-corrected chi connectivity index (χ3v) is 4.36. The Morgan fingerprint density at radius 3 is 2.50 bits per heavy atom. The van der Waals surface area contributed by atoms with Crippen molar-refractivity contribution >= 4 is 36.6 Å². The van der Waals surface area contributed by atoms with Crippen LogP contribution in [0.5, 0.6) is 0 Å². The summed E-state index contributed by atoms with van der Waals surface area (Å²) in [5.74, 6) is 0. The number of benzene rings is 1. The molecule has 1 aliphatic heterocycles. The van der Waals surface area contributed by atoms with E-state index in [1.165, 1.54) is 55.6 Å². The lowest BCUT2D eigenvalue weighted by molar-refractivity contribution is 0.365. The molecule has 112 valence electrons. The van der Waals surface area contributed by atoms with Crippen LogP contribution in [0.2, 0.25) is 0 Å². The van der Waals surface area contributed by atoms with Crippen LogP contribution in [-0.2, 0) is 6.42 Å². The van der Waals surface area contributed by atoms with Gasteiger partial charge in [0.15, 0.2) is 0 Å². The first-order valence-electron chi connectivity index (χ1n) is 7.04. The van der Waals surface area contributed by atoms with E-state index < -0.39 is 0 Å². The summed E-state index contributed by atoms with van der Waals surface area (Å²) in [5, 5.41) is 0. The molecule has 1 fully saturated rings. The quantitative estimate of drug-likeness (QED) is 0.840. The Balaban J connectivity index is 0.000001000. The zero-order valence-corrected chi connectivity index (χ0v) is 13.7. The van der Waals surface area contributed by atoms with E-state index in [-0.39, 0.29) is 24.8 Å². The summed E-state index contributed by atoms with van der Waals surface area (Å²) in [6.07, 6.45) is 7.50. The molecule has 0 saturated carbocycles. The van der Waals surface area contributed by atoms with Gasteiger partial charge in [-0.3, -0.25) is 4.90 Å². The minimum absolute atomic E-state index is 0. The molecule has 0 unspecified atom stereocenters. The lowest BCUT2D eigenvalue weighted by Gasteiger charge is -2.23. The van der Waals surface area contributed by atoms with Crippen LogP contribution in [0.25, 0.3) is 6.08 Å². The predicted octanol–water partition coefficient (Wildman–Crippen LogP) is 3.85. The monoisotopic (exact) mass is 314 g/mol. The van der Waals surface area contributed by atoms with Crippen LogP contribution in [0.3, 0.4) is 0 Å². The Hall–Kier alpha value is -0.700. The standard InChI is InChI=1S/C16H22N2.2ClH/c1-12-15-6-4-13(11-18-8-2-3-9-18)10-14(15)5-7-16(12)17;;/h5,7,10H,2-4,6,8-9,11,17H2,1H3;2*1H. The second-order valence-electron chi connectivity index (χ2n) is 5.63. The maximum atomic E-state index is 5.98. The number of hydrogen-bond donors (Lipinski definition) is 1. The van der Waals surface area contributed by atoms with E-state index in [0.29, 0.717) is 0 Å². The number of rotatable bonds is 2. The van der Waals surface area contributed by atoms with Crippen molar-refractivity contribution in [1.29, 1.82) is 0 Å². The number of halogens is 2. The maximum Gasteiger partial charge on any atom is 0.0346 e. The molecule has 0 bridgehead atoms. The van der Waals surface area contributed by atoms with Gasteiger partial charge >= 0.3 is 0 Å². The van der Waals surface area contributed by atoms with Crippen LogP contribution in [0, 0.1) is 6.92 Å². The molecule has 4 heteroatoms. The number of anilines is 1. The van der Waals surface area contributed by atoms with Crippen molar-refractivity contribution in [3.63, 3.8) is 0 Å². The highest BCUT2D eigenvalue weighted by atomic mass is 35.5. The Morgan fingerprint density at radius 2 is 1.80 bits per heavy atom. The van der Waals surface area contributed by atoms with Gasteiger partial charge < -0.3 is 5.73 Å². The van der Waals surface area contributed by atoms with Crippen molar-refractivity contribution in [2.24, 2.45) is 0 Å². The largest absolute Gasteiger partial charge is 0.399 e. The molecule has 1 saturated heterocycles. The Morgan fingerprint density at radius 1 is 1.10 bits per heavy atom. The van der Waals surface area contributed by atoms with Gasteiger partial charge in [0.05, 0.1) is 0 Å².